The van der Waals surface area contributed by atoms with Crippen LogP contribution in [-0.4, -0.2) is 21.5 Å². The molecule has 21 heavy (non-hydrogen) atoms. The highest BCUT2D eigenvalue weighted by atomic mass is 32.2. The predicted molar refractivity (Wildman–Crippen MR) is 63.7 cm³/mol. The molecule has 0 saturated heterocycles. The number of nitrogens with zero attached hydrogens (tertiary/aromatic N) is 3. The topological polar surface area (TPSA) is 72.1 Å². The normalized spacial score (nSPS) is 15.5. The zero-order valence-electron chi connectivity index (χ0n) is 10.6. The van der Waals surface area contributed by atoms with Crippen LogP contribution in [0.1, 0.15) is 24.1 Å². The van der Waals surface area contributed by atoms with E-state index in [4.69, 9.17) is 5.26 Å². The molecule has 4 nitrogen and oxygen atoms in total. The van der Waals surface area contributed by atoms with E-state index in [9.17, 15) is 26.5 Å². The lowest BCUT2D eigenvalue weighted by Gasteiger charge is -2.20. The third kappa shape index (κ3) is 4.18. The molecule has 0 aliphatic carbocycles. The Balaban J connectivity index is 2.94. The molecule has 0 radical (unpaired) electrons. The Labute approximate surface area is 119 Å². The van der Waals surface area contributed by atoms with E-state index in [0.717, 1.165) is 12.3 Å². The average molecular weight is 326 g/mol. The second kappa shape index (κ2) is 6.44. The van der Waals surface area contributed by atoms with Gasteiger partial charge in [0.25, 0.3) is 0 Å². The molecule has 1 aromatic heterocycles. The summed E-state index contributed by atoms with van der Waals surface area (Å²) in [7, 11) is -1.78. The molecule has 0 amide bonds. The molecule has 0 spiro atoms. The van der Waals surface area contributed by atoms with Crippen molar-refractivity contribution < 1.29 is 26.5 Å². The maximum atomic E-state index is 13.0. The first-order valence-electron chi connectivity index (χ1n) is 5.49. The summed E-state index contributed by atoms with van der Waals surface area (Å²) in [5.41, 5.74) is -1.09. The van der Waals surface area contributed by atoms with E-state index in [0.29, 0.717) is 11.6 Å². The van der Waals surface area contributed by atoms with Gasteiger partial charge in [0, 0.05) is 6.20 Å². The van der Waals surface area contributed by atoms with Crippen LogP contribution >= 0.6 is 0 Å². The van der Waals surface area contributed by atoms with E-state index in [1.54, 1.807) is 6.92 Å². The summed E-state index contributed by atoms with van der Waals surface area (Å²) in [5, 5.41) is 8.21. The Kier molecular flexibility index (Phi) is 5.36. The highest BCUT2D eigenvalue weighted by Gasteiger charge is 2.59. The Hall–Kier alpha value is -1.60. The number of hydrogen-bond acceptors (Lipinski definition) is 4. The molecule has 0 bridgehead atoms. The standard InChI is InChI=1S/C11H9F5N3OS/c1-7(5-21(20)19-6-17)8-2-3-9(18-4-8)10(12,13)11(14,15)16/h2-4,7H,5H2,1H3/q-1. The van der Waals surface area contributed by atoms with Crippen LogP contribution in [0.2, 0.25) is 0 Å². The van der Waals surface area contributed by atoms with Crippen molar-refractivity contribution in [3.8, 4) is 6.19 Å². The minimum absolute atomic E-state index is 0.0652. The smallest absolute Gasteiger partial charge is 0.459 e. The van der Waals surface area contributed by atoms with Gasteiger partial charge in [0.05, 0.1) is 0 Å². The van der Waals surface area contributed by atoms with Gasteiger partial charge < -0.3 is 4.55 Å². The average Bonchev–Trinajstić information content (AvgIpc) is 2.37. The molecule has 1 heterocycles. The molecule has 1 rings (SSSR count). The van der Waals surface area contributed by atoms with Crippen LogP contribution in [0.5, 0.6) is 0 Å². The third-order valence-electron chi connectivity index (χ3n) is 2.57. The number of pyridine rings is 1. The highest BCUT2D eigenvalue weighted by Crippen LogP contribution is 2.42. The Bertz CT molecular complexity index is 565. The van der Waals surface area contributed by atoms with E-state index in [2.05, 4.69) is 9.35 Å². The molecule has 0 saturated carbocycles. The van der Waals surface area contributed by atoms with E-state index in [-0.39, 0.29) is 5.75 Å². The SMILES string of the molecule is CC(CS([O-])=NC#N)c1ccc(C(F)(F)C(F)(F)F)nc1. The predicted octanol–water partition coefficient (Wildman–Crippen LogP) is 3.25. The van der Waals surface area contributed by atoms with Gasteiger partial charge in [0.1, 0.15) is 5.69 Å². The molecule has 0 aliphatic heterocycles. The molecule has 0 fully saturated rings. The summed E-state index contributed by atoms with van der Waals surface area (Å²) >= 11 is 0. The van der Waals surface area contributed by atoms with Crippen LogP contribution in [0.3, 0.4) is 0 Å². The van der Waals surface area contributed by atoms with Crippen molar-refractivity contribution in [1.82, 2.24) is 4.98 Å². The fourth-order valence-electron chi connectivity index (χ4n) is 1.42. The summed E-state index contributed by atoms with van der Waals surface area (Å²) < 4.78 is 76.8. The molecule has 2 unspecified atom stereocenters. The van der Waals surface area contributed by atoms with Crippen molar-refractivity contribution in [2.75, 3.05) is 5.75 Å². The molecule has 0 N–H and O–H groups in total. The Morgan fingerprint density at radius 3 is 2.43 bits per heavy atom. The number of nitriles is 1. The summed E-state index contributed by atoms with van der Waals surface area (Å²) in [5.74, 6) is -5.57. The summed E-state index contributed by atoms with van der Waals surface area (Å²) in [4.78, 5) is 3.13. The maximum Gasteiger partial charge on any atom is 0.459 e. The van der Waals surface area contributed by atoms with Gasteiger partial charge in [-0.15, -0.1) is 0 Å². The Morgan fingerprint density at radius 1 is 1.38 bits per heavy atom. The van der Waals surface area contributed by atoms with Crippen LogP contribution in [0.4, 0.5) is 22.0 Å². The summed E-state index contributed by atoms with van der Waals surface area (Å²) in [6.45, 7) is 1.56. The van der Waals surface area contributed by atoms with Gasteiger partial charge in [-0.05, 0) is 23.3 Å². The first-order valence-corrected chi connectivity index (χ1v) is 6.76. The minimum atomic E-state index is -5.72. The van der Waals surface area contributed by atoms with Gasteiger partial charge in [0.2, 0.25) is 6.19 Å². The van der Waals surface area contributed by atoms with Crippen molar-refractivity contribution in [3.63, 3.8) is 0 Å². The molecular formula is C11H9F5N3OS-. The van der Waals surface area contributed by atoms with Crippen LogP contribution in [-0.2, 0) is 16.9 Å². The van der Waals surface area contributed by atoms with Gasteiger partial charge >= 0.3 is 12.1 Å². The van der Waals surface area contributed by atoms with Gasteiger partial charge in [-0.2, -0.15) is 42.5 Å². The number of rotatable bonds is 4. The van der Waals surface area contributed by atoms with Gasteiger partial charge in [0.15, 0.2) is 0 Å². The van der Waals surface area contributed by atoms with Gasteiger partial charge in [-0.3, -0.25) is 4.98 Å². The lowest BCUT2D eigenvalue weighted by Crippen LogP contribution is -2.34. The van der Waals surface area contributed by atoms with Crippen LogP contribution < -0.4 is 0 Å². The molecule has 116 valence electrons. The third-order valence-corrected chi connectivity index (χ3v) is 3.64. The fraction of sp³-hybridized carbons (Fsp3) is 0.455. The van der Waals surface area contributed by atoms with Crippen molar-refractivity contribution in [1.29, 1.82) is 5.26 Å². The lowest BCUT2D eigenvalue weighted by atomic mass is 10.0. The summed E-state index contributed by atoms with van der Waals surface area (Å²) in [6, 6.07) is 1.62. The first kappa shape index (κ1) is 17.5. The number of alkyl halides is 5. The van der Waals surface area contributed by atoms with Crippen molar-refractivity contribution >= 4 is 11.0 Å². The number of aromatic nitrogens is 1. The van der Waals surface area contributed by atoms with Crippen LogP contribution in [0, 0.1) is 11.5 Å². The quantitative estimate of drug-likeness (QED) is 0.630. The fourth-order valence-corrected chi connectivity index (χ4v) is 2.21. The zero-order chi connectivity index (χ0) is 16.3. The molecule has 0 aromatic carbocycles. The van der Waals surface area contributed by atoms with E-state index in [1.807, 2.05) is 0 Å². The van der Waals surface area contributed by atoms with E-state index >= 15 is 0 Å². The van der Waals surface area contributed by atoms with E-state index in [1.165, 1.54) is 6.19 Å². The monoisotopic (exact) mass is 326 g/mol. The van der Waals surface area contributed by atoms with E-state index < -0.39 is 34.7 Å². The largest absolute Gasteiger partial charge is 0.788 e. The second-order valence-corrected chi connectivity index (χ2v) is 5.29. The Morgan fingerprint density at radius 2 is 2.00 bits per heavy atom. The van der Waals surface area contributed by atoms with Crippen molar-refractivity contribution in [2.24, 2.45) is 4.36 Å². The van der Waals surface area contributed by atoms with Gasteiger partial charge in [-0.25, -0.2) is 0 Å². The van der Waals surface area contributed by atoms with Crippen LogP contribution in [0.15, 0.2) is 22.7 Å². The lowest BCUT2D eigenvalue weighted by molar-refractivity contribution is -0.290. The molecular weight excluding hydrogens is 317 g/mol. The number of hydrogen-bond donors (Lipinski definition) is 0. The molecule has 2 atom stereocenters. The first-order chi connectivity index (χ1) is 9.59. The second-order valence-electron chi connectivity index (χ2n) is 4.13. The number of halogens is 5. The van der Waals surface area contributed by atoms with Crippen LogP contribution in [0.25, 0.3) is 0 Å². The highest BCUT2D eigenvalue weighted by molar-refractivity contribution is 7.81. The van der Waals surface area contributed by atoms with Gasteiger partial charge in [-0.1, -0.05) is 13.0 Å². The molecule has 1 aromatic rings. The van der Waals surface area contributed by atoms with Crippen molar-refractivity contribution in [3.05, 3.63) is 29.6 Å². The maximum absolute atomic E-state index is 13.0. The molecule has 10 heteroatoms. The molecule has 0 aliphatic rings. The summed E-state index contributed by atoms with van der Waals surface area (Å²) in [6.07, 6.45) is -3.50. The zero-order valence-corrected chi connectivity index (χ0v) is 11.4. The minimum Gasteiger partial charge on any atom is -0.788 e. The van der Waals surface area contributed by atoms with Crippen molar-refractivity contribution in [2.45, 2.75) is 24.9 Å².